The Morgan fingerprint density at radius 2 is 2.00 bits per heavy atom. The summed E-state index contributed by atoms with van der Waals surface area (Å²) in [4.78, 5) is 25.5. The molecule has 7 nitrogen and oxygen atoms in total. The summed E-state index contributed by atoms with van der Waals surface area (Å²) in [6.07, 6.45) is -0.856. The average molecular weight is 414 g/mol. The van der Waals surface area contributed by atoms with Crippen LogP contribution < -0.4 is 9.47 Å². The Balaban J connectivity index is 2.17. The molecule has 0 amide bonds. The summed E-state index contributed by atoms with van der Waals surface area (Å²) in [5.74, 6) is -0.120. The minimum atomic E-state index is -1.16. The van der Waals surface area contributed by atoms with Gasteiger partial charge in [-0.25, -0.2) is 4.79 Å². The van der Waals surface area contributed by atoms with E-state index in [2.05, 4.69) is 0 Å². The Morgan fingerprint density at radius 3 is 2.63 bits per heavy atom. The summed E-state index contributed by atoms with van der Waals surface area (Å²) in [7, 11) is 1.38. The summed E-state index contributed by atoms with van der Waals surface area (Å²) in [6.45, 7) is 5.12. The molecule has 1 unspecified atom stereocenters. The molecule has 2 aromatic carbocycles. The lowest BCUT2D eigenvalue weighted by molar-refractivity contribution is 0.0453. The lowest BCUT2D eigenvalue weighted by Crippen LogP contribution is -2.17. The molecule has 0 aliphatic carbocycles. The van der Waals surface area contributed by atoms with Gasteiger partial charge in [0, 0.05) is 17.5 Å². The highest BCUT2D eigenvalue weighted by molar-refractivity contribution is 6.05. The Labute approximate surface area is 175 Å². The van der Waals surface area contributed by atoms with E-state index in [0.29, 0.717) is 23.3 Å². The first kappa shape index (κ1) is 21.8. The molecular formula is C23H26O7. The van der Waals surface area contributed by atoms with Gasteiger partial charge in [0.1, 0.15) is 35.5 Å². The third-order valence-electron chi connectivity index (χ3n) is 4.86. The second-order valence-electron chi connectivity index (χ2n) is 7.76. The monoisotopic (exact) mass is 414 g/mol. The average Bonchev–Trinajstić information content (AvgIpc) is 2.70. The Bertz CT molecular complexity index is 978. The van der Waals surface area contributed by atoms with Crippen LogP contribution in [0, 0.1) is 12.8 Å². The number of carbonyl (C=O) groups excluding carboxylic acids is 2. The maximum absolute atomic E-state index is 12.8. The number of benzene rings is 2. The van der Waals surface area contributed by atoms with Crippen LogP contribution in [0.2, 0.25) is 0 Å². The third-order valence-corrected chi connectivity index (χ3v) is 4.86. The number of ether oxygens (including phenoxy) is 3. The van der Waals surface area contributed by atoms with Crippen molar-refractivity contribution in [1.29, 1.82) is 0 Å². The molecule has 0 bridgehead atoms. The number of ketones is 1. The van der Waals surface area contributed by atoms with E-state index in [4.69, 9.17) is 14.2 Å². The lowest BCUT2D eigenvalue weighted by Gasteiger charge is -2.24. The second-order valence-corrected chi connectivity index (χ2v) is 7.76. The van der Waals surface area contributed by atoms with E-state index in [1.54, 1.807) is 18.2 Å². The van der Waals surface area contributed by atoms with Crippen LogP contribution in [0.15, 0.2) is 24.3 Å². The summed E-state index contributed by atoms with van der Waals surface area (Å²) >= 11 is 0. The largest absolute Gasteiger partial charge is 0.495 e. The van der Waals surface area contributed by atoms with Crippen LogP contribution in [-0.2, 0) is 11.3 Å². The second kappa shape index (κ2) is 8.85. The molecule has 1 heterocycles. The predicted molar refractivity (Wildman–Crippen MR) is 109 cm³/mol. The summed E-state index contributed by atoms with van der Waals surface area (Å²) in [5.41, 5.74) is 2.07. The van der Waals surface area contributed by atoms with Crippen LogP contribution in [0.4, 0.5) is 0 Å². The van der Waals surface area contributed by atoms with Crippen molar-refractivity contribution in [2.24, 2.45) is 5.92 Å². The van der Waals surface area contributed by atoms with Crippen LogP contribution in [-0.4, -0.2) is 35.7 Å². The van der Waals surface area contributed by atoms with E-state index in [9.17, 15) is 19.8 Å². The minimum absolute atomic E-state index is 0.0165. The van der Waals surface area contributed by atoms with E-state index in [1.807, 2.05) is 20.8 Å². The fraction of sp³-hybridized carbons (Fsp3) is 0.391. The van der Waals surface area contributed by atoms with E-state index in [0.717, 1.165) is 5.56 Å². The molecule has 3 rings (SSSR count). The number of carbonyl (C=O) groups is 2. The SMILES string of the molecule is COc1c(C(=O)CC(C)C)ccc2c1C(=O)OCc1cc(C)cc(C(O)CO)c1O2. The van der Waals surface area contributed by atoms with E-state index >= 15 is 0 Å². The van der Waals surface area contributed by atoms with Gasteiger partial charge in [-0.3, -0.25) is 4.79 Å². The smallest absolute Gasteiger partial charge is 0.346 e. The van der Waals surface area contributed by atoms with Crippen LogP contribution in [0.5, 0.6) is 17.2 Å². The van der Waals surface area contributed by atoms with Crippen molar-refractivity contribution in [1.82, 2.24) is 0 Å². The molecule has 0 saturated carbocycles. The standard InChI is InChI=1S/C23H26O7/c1-12(2)7-17(25)15-5-6-19-20(22(15)28-4)23(27)29-11-14-8-13(3)9-16(18(26)10-24)21(14)30-19/h5-6,8-9,12,18,24,26H,7,10-11H2,1-4H3. The Morgan fingerprint density at radius 1 is 1.27 bits per heavy atom. The molecule has 30 heavy (non-hydrogen) atoms. The molecule has 1 aliphatic rings. The molecule has 2 aromatic rings. The molecule has 0 spiro atoms. The van der Waals surface area contributed by atoms with E-state index in [1.165, 1.54) is 13.2 Å². The van der Waals surface area contributed by atoms with Gasteiger partial charge < -0.3 is 24.4 Å². The topological polar surface area (TPSA) is 102 Å². The Kier molecular flexibility index (Phi) is 6.43. The predicted octanol–water partition coefficient (Wildman–Crippen LogP) is 3.72. The number of aliphatic hydroxyl groups excluding tert-OH is 2. The van der Waals surface area contributed by atoms with Crippen molar-refractivity contribution < 1.29 is 34.0 Å². The fourth-order valence-electron chi connectivity index (χ4n) is 3.54. The highest BCUT2D eigenvalue weighted by Crippen LogP contribution is 2.42. The van der Waals surface area contributed by atoms with Crippen LogP contribution in [0.25, 0.3) is 0 Å². The van der Waals surface area contributed by atoms with Gasteiger partial charge in [-0.15, -0.1) is 0 Å². The van der Waals surface area contributed by atoms with E-state index in [-0.39, 0.29) is 40.9 Å². The van der Waals surface area contributed by atoms with Gasteiger partial charge in [-0.1, -0.05) is 19.4 Å². The molecule has 2 N–H and O–H groups in total. The number of cyclic esters (lactones) is 1. The molecule has 0 fully saturated rings. The molecular weight excluding hydrogens is 388 g/mol. The fourth-order valence-corrected chi connectivity index (χ4v) is 3.54. The molecule has 0 saturated heterocycles. The van der Waals surface area contributed by atoms with Crippen molar-refractivity contribution in [2.75, 3.05) is 13.7 Å². The molecule has 160 valence electrons. The van der Waals surface area contributed by atoms with Crippen molar-refractivity contribution in [3.63, 3.8) is 0 Å². The quantitative estimate of drug-likeness (QED) is 0.549. The first-order chi connectivity index (χ1) is 14.3. The number of Topliss-reactive ketones (excluding diaryl/α,β-unsaturated/α-hetero) is 1. The molecule has 1 atom stereocenters. The van der Waals surface area contributed by atoms with Gasteiger partial charge in [0.05, 0.1) is 19.3 Å². The minimum Gasteiger partial charge on any atom is -0.495 e. The first-order valence-corrected chi connectivity index (χ1v) is 9.78. The van der Waals surface area contributed by atoms with Crippen molar-refractivity contribution in [2.45, 2.75) is 39.9 Å². The molecule has 1 aliphatic heterocycles. The van der Waals surface area contributed by atoms with Crippen LogP contribution in [0.1, 0.15) is 63.8 Å². The summed E-state index contributed by atoms with van der Waals surface area (Å²) in [5, 5.41) is 19.7. The third kappa shape index (κ3) is 4.17. The lowest BCUT2D eigenvalue weighted by atomic mass is 9.97. The zero-order chi connectivity index (χ0) is 22.0. The van der Waals surface area contributed by atoms with Gasteiger partial charge in [0.2, 0.25) is 0 Å². The van der Waals surface area contributed by atoms with Gasteiger partial charge >= 0.3 is 5.97 Å². The van der Waals surface area contributed by atoms with Crippen molar-refractivity contribution >= 4 is 11.8 Å². The summed E-state index contributed by atoms with van der Waals surface area (Å²) < 4.78 is 16.9. The number of aryl methyl sites for hydroxylation is 1. The van der Waals surface area contributed by atoms with Gasteiger partial charge in [0.25, 0.3) is 0 Å². The first-order valence-electron chi connectivity index (χ1n) is 9.78. The van der Waals surface area contributed by atoms with Gasteiger partial charge in [-0.2, -0.15) is 0 Å². The highest BCUT2D eigenvalue weighted by atomic mass is 16.5. The normalized spacial score (nSPS) is 14.0. The van der Waals surface area contributed by atoms with Crippen LogP contribution >= 0.6 is 0 Å². The maximum atomic E-state index is 12.8. The number of hydrogen-bond acceptors (Lipinski definition) is 7. The Hall–Kier alpha value is -2.90. The molecule has 7 heteroatoms. The number of rotatable bonds is 6. The van der Waals surface area contributed by atoms with Crippen LogP contribution in [0.3, 0.4) is 0 Å². The number of aliphatic hydroxyl groups is 2. The maximum Gasteiger partial charge on any atom is 0.346 e. The van der Waals surface area contributed by atoms with E-state index < -0.39 is 18.7 Å². The van der Waals surface area contributed by atoms with Crippen molar-refractivity contribution in [3.8, 4) is 17.2 Å². The number of methoxy groups -OCH3 is 1. The zero-order valence-corrected chi connectivity index (χ0v) is 17.5. The number of hydrogen-bond donors (Lipinski definition) is 2. The number of fused-ring (bicyclic) bond motifs is 2. The highest BCUT2D eigenvalue weighted by Gasteiger charge is 2.30. The number of esters is 1. The zero-order valence-electron chi connectivity index (χ0n) is 17.5. The molecule has 0 radical (unpaired) electrons. The van der Waals surface area contributed by atoms with Gasteiger partial charge in [-0.05, 0) is 37.1 Å². The molecule has 0 aromatic heterocycles. The van der Waals surface area contributed by atoms with Crippen molar-refractivity contribution in [3.05, 3.63) is 52.1 Å². The summed E-state index contributed by atoms with van der Waals surface area (Å²) in [6, 6.07) is 6.59. The van der Waals surface area contributed by atoms with Gasteiger partial charge in [0.15, 0.2) is 5.78 Å².